The Labute approximate surface area is 133 Å². The van der Waals surface area contributed by atoms with Crippen molar-refractivity contribution in [2.75, 3.05) is 6.54 Å². The van der Waals surface area contributed by atoms with Crippen LogP contribution in [0.15, 0.2) is 48.7 Å². The number of para-hydroxylation sites is 1. The smallest absolute Gasteiger partial charge is 0.253 e. The standard InChI is InChI=1S/C17H17N3O3/c21-15(20-13-7-8-13)11-19-17(22)12-6-9-16(18-10-12)23-14-4-2-1-3-5-14/h1-6,9-10,13H,7-8,11H2,(H,19,22)(H,20,21). The van der Waals surface area contributed by atoms with Crippen molar-refractivity contribution in [3.8, 4) is 11.6 Å². The zero-order chi connectivity index (χ0) is 16.1. The Bertz CT molecular complexity index is 682. The molecule has 6 heteroatoms. The molecule has 0 aliphatic heterocycles. The zero-order valence-corrected chi connectivity index (χ0v) is 12.5. The second-order valence-electron chi connectivity index (χ2n) is 5.32. The van der Waals surface area contributed by atoms with Crippen LogP contribution in [-0.4, -0.2) is 29.4 Å². The van der Waals surface area contributed by atoms with Gasteiger partial charge in [0.1, 0.15) is 5.75 Å². The first-order valence-corrected chi connectivity index (χ1v) is 7.47. The van der Waals surface area contributed by atoms with Crippen molar-refractivity contribution >= 4 is 11.8 Å². The van der Waals surface area contributed by atoms with Crippen LogP contribution in [0.25, 0.3) is 0 Å². The highest BCUT2D eigenvalue weighted by molar-refractivity contribution is 5.96. The molecule has 0 radical (unpaired) electrons. The largest absolute Gasteiger partial charge is 0.439 e. The van der Waals surface area contributed by atoms with Gasteiger partial charge in [-0.05, 0) is 31.0 Å². The Morgan fingerprint density at radius 1 is 1.13 bits per heavy atom. The van der Waals surface area contributed by atoms with Crippen LogP contribution >= 0.6 is 0 Å². The van der Waals surface area contributed by atoms with E-state index < -0.39 is 0 Å². The maximum atomic E-state index is 11.9. The van der Waals surface area contributed by atoms with Crippen LogP contribution in [0.1, 0.15) is 23.2 Å². The van der Waals surface area contributed by atoms with Gasteiger partial charge >= 0.3 is 0 Å². The molecule has 118 valence electrons. The molecular weight excluding hydrogens is 294 g/mol. The molecule has 0 unspecified atom stereocenters. The number of aromatic nitrogens is 1. The number of amides is 2. The molecule has 1 aromatic carbocycles. The SMILES string of the molecule is O=C(CNC(=O)c1ccc(Oc2ccccc2)nc1)NC1CC1. The molecule has 1 fully saturated rings. The van der Waals surface area contributed by atoms with Crippen molar-refractivity contribution in [3.05, 3.63) is 54.2 Å². The number of hydrogen-bond acceptors (Lipinski definition) is 4. The van der Waals surface area contributed by atoms with E-state index >= 15 is 0 Å². The van der Waals surface area contributed by atoms with Crippen LogP contribution in [0.3, 0.4) is 0 Å². The van der Waals surface area contributed by atoms with Crippen LogP contribution in [0, 0.1) is 0 Å². The molecule has 1 aliphatic carbocycles. The van der Waals surface area contributed by atoms with E-state index in [1.165, 1.54) is 6.20 Å². The predicted octanol–water partition coefficient (Wildman–Crippen LogP) is 1.88. The third-order valence-electron chi connectivity index (χ3n) is 3.32. The van der Waals surface area contributed by atoms with E-state index in [4.69, 9.17) is 4.74 Å². The molecule has 1 aliphatic rings. The van der Waals surface area contributed by atoms with E-state index in [1.54, 1.807) is 12.1 Å². The molecular formula is C17H17N3O3. The van der Waals surface area contributed by atoms with Crippen LogP contribution in [-0.2, 0) is 4.79 Å². The average molecular weight is 311 g/mol. The summed E-state index contributed by atoms with van der Waals surface area (Å²) in [6.45, 7) is -0.0302. The van der Waals surface area contributed by atoms with Gasteiger partial charge in [-0.15, -0.1) is 0 Å². The monoisotopic (exact) mass is 311 g/mol. The van der Waals surface area contributed by atoms with Gasteiger partial charge in [0.25, 0.3) is 5.91 Å². The summed E-state index contributed by atoms with van der Waals surface area (Å²) in [6.07, 6.45) is 3.46. The highest BCUT2D eigenvalue weighted by Gasteiger charge is 2.23. The van der Waals surface area contributed by atoms with Gasteiger partial charge in [-0.2, -0.15) is 0 Å². The van der Waals surface area contributed by atoms with Crippen LogP contribution in [0.2, 0.25) is 0 Å². The van der Waals surface area contributed by atoms with Crippen molar-refractivity contribution < 1.29 is 14.3 Å². The van der Waals surface area contributed by atoms with Gasteiger partial charge < -0.3 is 15.4 Å². The zero-order valence-electron chi connectivity index (χ0n) is 12.5. The summed E-state index contributed by atoms with van der Waals surface area (Å²) < 4.78 is 5.56. The lowest BCUT2D eigenvalue weighted by Crippen LogP contribution is -2.37. The second kappa shape index (κ2) is 6.91. The quantitative estimate of drug-likeness (QED) is 0.853. The van der Waals surface area contributed by atoms with Gasteiger partial charge in [0.05, 0.1) is 12.1 Å². The number of carbonyl (C=O) groups is 2. The molecule has 6 nitrogen and oxygen atoms in total. The Kier molecular flexibility index (Phi) is 4.52. The number of pyridine rings is 1. The van der Waals surface area contributed by atoms with E-state index in [1.807, 2.05) is 30.3 Å². The van der Waals surface area contributed by atoms with Crippen molar-refractivity contribution in [3.63, 3.8) is 0 Å². The first-order valence-electron chi connectivity index (χ1n) is 7.47. The fraction of sp³-hybridized carbons (Fsp3) is 0.235. The molecule has 0 spiro atoms. The molecule has 3 rings (SSSR count). The number of benzene rings is 1. The van der Waals surface area contributed by atoms with E-state index in [2.05, 4.69) is 15.6 Å². The van der Waals surface area contributed by atoms with Gasteiger partial charge in [0.15, 0.2) is 0 Å². The van der Waals surface area contributed by atoms with Gasteiger partial charge in [-0.1, -0.05) is 18.2 Å². The number of carbonyl (C=O) groups excluding carboxylic acids is 2. The van der Waals surface area contributed by atoms with Gasteiger partial charge in [-0.3, -0.25) is 9.59 Å². The molecule has 0 saturated heterocycles. The molecule has 1 saturated carbocycles. The summed E-state index contributed by atoms with van der Waals surface area (Å²) in [5.74, 6) is 0.570. The van der Waals surface area contributed by atoms with Crippen molar-refractivity contribution in [1.82, 2.24) is 15.6 Å². The van der Waals surface area contributed by atoms with E-state index in [0.717, 1.165) is 12.8 Å². The molecule has 0 atom stereocenters. The topological polar surface area (TPSA) is 80.3 Å². The Hall–Kier alpha value is -2.89. The van der Waals surface area contributed by atoms with Crippen LogP contribution in [0.4, 0.5) is 0 Å². The summed E-state index contributed by atoms with van der Waals surface area (Å²) >= 11 is 0. The minimum Gasteiger partial charge on any atom is -0.439 e. The van der Waals surface area contributed by atoms with Gasteiger partial charge in [0.2, 0.25) is 11.8 Å². The number of rotatable bonds is 6. The van der Waals surface area contributed by atoms with E-state index in [0.29, 0.717) is 17.2 Å². The predicted molar refractivity (Wildman–Crippen MR) is 84.3 cm³/mol. The highest BCUT2D eigenvalue weighted by Crippen LogP contribution is 2.19. The summed E-state index contributed by atoms with van der Waals surface area (Å²) in [7, 11) is 0. The van der Waals surface area contributed by atoms with Gasteiger partial charge in [0, 0.05) is 18.3 Å². The molecule has 2 N–H and O–H groups in total. The van der Waals surface area contributed by atoms with Crippen molar-refractivity contribution in [1.29, 1.82) is 0 Å². The third kappa shape index (κ3) is 4.54. The molecule has 0 bridgehead atoms. The van der Waals surface area contributed by atoms with Gasteiger partial charge in [-0.25, -0.2) is 4.98 Å². The molecule has 23 heavy (non-hydrogen) atoms. The Morgan fingerprint density at radius 2 is 1.91 bits per heavy atom. The first-order chi connectivity index (χ1) is 11.2. The summed E-state index contributed by atoms with van der Waals surface area (Å²) in [5, 5.41) is 5.38. The number of nitrogens with one attached hydrogen (secondary N) is 2. The molecule has 1 heterocycles. The van der Waals surface area contributed by atoms with Crippen LogP contribution < -0.4 is 15.4 Å². The minimum absolute atomic E-state index is 0.0302. The molecule has 2 amide bonds. The Balaban J connectivity index is 1.51. The van der Waals surface area contributed by atoms with E-state index in [-0.39, 0.29) is 24.4 Å². The summed E-state index contributed by atoms with van der Waals surface area (Å²) in [5.41, 5.74) is 0.379. The highest BCUT2D eigenvalue weighted by atomic mass is 16.5. The number of ether oxygens (including phenoxy) is 1. The third-order valence-corrected chi connectivity index (χ3v) is 3.32. The lowest BCUT2D eigenvalue weighted by Gasteiger charge is -2.07. The molecule has 1 aromatic heterocycles. The molecule has 2 aromatic rings. The summed E-state index contributed by atoms with van der Waals surface area (Å²) in [4.78, 5) is 27.6. The fourth-order valence-corrected chi connectivity index (χ4v) is 1.95. The van der Waals surface area contributed by atoms with E-state index in [9.17, 15) is 9.59 Å². The maximum absolute atomic E-state index is 11.9. The average Bonchev–Trinajstić information content (AvgIpc) is 3.38. The Morgan fingerprint density at radius 3 is 2.57 bits per heavy atom. The van der Waals surface area contributed by atoms with Crippen LogP contribution in [0.5, 0.6) is 11.6 Å². The first kappa shape index (κ1) is 15.0. The number of hydrogen-bond donors (Lipinski definition) is 2. The maximum Gasteiger partial charge on any atom is 0.253 e. The normalized spacial score (nSPS) is 13.2. The summed E-state index contributed by atoms with van der Waals surface area (Å²) in [6, 6.07) is 12.8. The van der Waals surface area contributed by atoms with Crippen molar-refractivity contribution in [2.24, 2.45) is 0 Å². The minimum atomic E-state index is -0.338. The lowest BCUT2D eigenvalue weighted by atomic mass is 10.2. The lowest BCUT2D eigenvalue weighted by molar-refractivity contribution is -0.120. The fourth-order valence-electron chi connectivity index (χ4n) is 1.95. The van der Waals surface area contributed by atoms with Crippen molar-refractivity contribution in [2.45, 2.75) is 18.9 Å². The second-order valence-corrected chi connectivity index (χ2v) is 5.32. The number of nitrogens with zero attached hydrogens (tertiary/aromatic N) is 1.